The zero-order chi connectivity index (χ0) is 13.2. The molecule has 1 aliphatic rings. The van der Waals surface area contributed by atoms with E-state index in [-0.39, 0.29) is 5.91 Å². The lowest BCUT2D eigenvalue weighted by Crippen LogP contribution is -2.25. The number of hydrogen-bond acceptors (Lipinski definition) is 3. The van der Waals surface area contributed by atoms with Crippen molar-refractivity contribution in [2.75, 3.05) is 12.3 Å². The molecule has 1 aromatic heterocycles. The van der Waals surface area contributed by atoms with Gasteiger partial charge in [-0.15, -0.1) is 0 Å². The first-order chi connectivity index (χ1) is 9.22. The number of H-pyrrole nitrogens is 1. The molecular formula is C14H16N4O. The number of aromatic nitrogens is 2. The summed E-state index contributed by atoms with van der Waals surface area (Å²) in [6, 6.07) is 9.17. The molecule has 0 spiro atoms. The number of rotatable bonds is 4. The minimum atomic E-state index is -0.0115. The van der Waals surface area contributed by atoms with Crippen LogP contribution in [0.15, 0.2) is 30.3 Å². The average Bonchev–Trinajstić information content (AvgIpc) is 3.17. The fraction of sp³-hybridized carbons (Fsp3) is 0.286. The number of carbonyl (C=O) groups is 1. The number of nitrogens with one attached hydrogen (secondary N) is 2. The third kappa shape index (κ3) is 2.76. The molecule has 3 rings (SSSR count). The number of carbonyl (C=O) groups excluding carboxylic acids is 1. The van der Waals surface area contributed by atoms with Gasteiger partial charge in [-0.3, -0.25) is 9.89 Å². The highest BCUT2D eigenvalue weighted by Gasteiger charge is 2.21. The number of hydrogen-bond donors (Lipinski definition) is 3. The Labute approximate surface area is 111 Å². The quantitative estimate of drug-likeness (QED) is 0.780. The first kappa shape index (κ1) is 11.8. The van der Waals surface area contributed by atoms with E-state index in [4.69, 9.17) is 5.73 Å². The van der Waals surface area contributed by atoms with Crippen LogP contribution in [0.1, 0.15) is 23.2 Å². The van der Waals surface area contributed by atoms with Crippen LogP contribution in [0.2, 0.25) is 0 Å². The van der Waals surface area contributed by atoms with E-state index in [1.54, 1.807) is 6.07 Å². The first-order valence-electron chi connectivity index (χ1n) is 6.42. The van der Waals surface area contributed by atoms with Crippen molar-refractivity contribution in [3.8, 4) is 11.3 Å². The van der Waals surface area contributed by atoms with E-state index < -0.39 is 0 Å². The number of amides is 1. The molecule has 0 aliphatic heterocycles. The minimum Gasteiger partial charge on any atom is -0.382 e. The second-order valence-electron chi connectivity index (χ2n) is 4.94. The van der Waals surface area contributed by atoms with Gasteiger partial charge in [0.2, 0.25) is 0 Å². The van der Waals surface area contributed by atoms with Gasteiger partial charge in [-0.05, 0) is 36.5 Å². The Morgan fingerprint density at radius 3 is 2.68 bits per heavy atom. The van der Waals surface area contributed by atoms with E-state index in [0.29, 0.717) is 17.3 Å². The van der Waals surface area contributed by atoms with Gasteiger partial charge in [0.15, 0.2) is 0 Å². The third-order valence-corrected chi connectivity index (χ3v) is 3.30. The second-order valence-corrected chi connectivity index (χ2v) is 4.94. The summed E-state index contributed by atoms with van der Waals surface area (Å²) < 4.78 is 0. The van der Waals surface area contributed by atoms with Gasteiger partial charge in [0.25, 0.3) is 5.91 Å². The maximum atomic E-state index is 11.9. The van der Waals surface area contributed by atoms with E-state index in [0.717, 1.165) is 17.8 Å². The Balaban J connectivity index is 1.69. The summed E-state index contributed by atoms with van der Waals surface area (Å²) in [5, 5.41) is 9.67. The molecule has 1 aliphatic carbocycles. The summed E-state index contributed by atoms with van der Waals surface area (Å²) in [6.07, 6.45) is 2.47. The number of aromatic amines is 1. The van der Waals surface area contributed by atoms with Crippen molar-refractivity contribution < 1.29 is 4.79 Å². The molecule has 1 heterocycles. The van der Waals surface area contributed by atoms with E-state index in [2.05, 4.69) is 15.5 Å². The van der Waals surface area contributed by atoms with Crippen molar-refractivity contribution in [3.63, 3.8) is 0 Å². The molecule has 1 aromatic carbocycles. The van der Waals surface area contributed by atoms with Crippen LogP contribution in [0.3, 0.4) is 0 Å². The van der Waals surface area contributed by atoms with Crippen LogP contribution < -0.4 is 11.1 Å². The molecule has 19 heavy (non-hydrogen) atoms. The van der Waals surface area contributed by atoms with E-state index in [1.807, 2.05) is 24.3 Å². The smallest absolute Gasteiger partial charge is 0.251 e. The van der Waals surface area contributed by atoms with Gasteiger partial charge in [0.1, 0.15) is 5.82 Å². The molecule has 5 nitrogen and oxygen atoms in total. The van der Waals surface area contributed by atoms with Crippen LogP contribution in [-0.4, -0.2) is 22.6 Å². The van der Waals surface area contributed by atoms with Crippen LogP contribution in [0, 0.1) is 5.92 Å². The second kappa shape index (κ2) is 4.76. The van der Waals surface area contributed by atoms with Gasteiger partial charge in [0.05, 0.1) is 5.69 Å². The van der Waals surface area contributed by atoms with Crippen LogP contribution in [0.25, 0.3) is 11.3 Å². The molecule has 2 aromatic rings. The van der Waals surface area contributed by atoms with Gasteiger partial charge < -0.3 is 11.1 Å². The van der Waals surface area contributed by atoms with Crippen LogP contribution in [-0.2, 0) is 0 Å². The van der Waals surface area contributed by atoms with Crippen LogP contribution in [0.4, 0.5) is 5.82 Å². The van der Waals surface area contributed by atoms with Crippen molar-refractivity contribution in [3.05, 3.63) is 35.9 Å². The van der Waals surface area contributed by atoms with Gasteiger partial charge in [-0.25, -0.2) is 0 Å². The summed E-state index contributed by atoms with van der Waals surface area (Å²) in [4.78, 5) is 11.9. The lowest BCUT2D eigenvalue weighted by molar-refractivity contribution is 0.0952. The molecule has 0 saturated heterocycles. The van der Waals surface area contributed by atoms with Crippen molar-refractivity contribution in [1.29, 1.82) is 0 Å². The normalized spacial score (nSPS) is 14.3. The maximum absolute atomic E-state index is 11.9. The van der Waals surface area contributed by atoms with Gasteiger partial charge in [-0.2, -0.15) is 5.10 Å². The monoisotopic (exact) mass is 256 g/mol. The van der Waals surface area contributed by atoms with E-state index >= 15 is 0 Å². The average molecular weight is 256 g/mol. The Hall–Kier alpha value is -2.30. The fourth-order valence-electron chi connectivity index (χ4n) is 1.95. The molecule has 0 atom stereocenters. The molecule has 98 valence electrons. The number of nitrogens with zero attached hydrogens (tertiary/aromatic N) is 1. The summed E-state index contributed by atoms with van der Waals surface area (Å²) in [6.45, 7) is 0.789. The van der Waals surface area contributed by atoms with E-state index in [1.165, 1.54) is 12.8 Å². The Morgan fingerprint density at radius 1 is 1.37 bits per heavy atom. The van der Waals surface area contributed by atoms with Gasteiger partial charge >= 0.3 is 0 Å². The van der Waals surface area contributed by atoms with Crippen LogP contribution >= 0.6 is 0 Å². The number of benzene rings is 1. The summed E-state index contributed by atoms with van der Waals surface area (Å²) in [5.41, 5.74) is 8.05. The Morgan fingerprint density at radius 2 is 2.11 bits per heavy atom. The molecule has 1 fully saturated rings. The fourth-order valence-corrected chi connectivity index (χ4v) is 1.95. The lowest BCUT2D eigenvalue weighted by atomic mass is 10.1. The molecular weight excluding hydrogens is 240 g/mol. The Bertz CT molecular complexity index is 584. The van der Waals surface area contributed by atoms with Crippen LogP contribution in [0.5, 0.6) is 0 Å². The highest BCUT2D eigenvalue weighted by molar-refractivity contribution is 5.94. The summed E-state index contributed by atoms with van der Waals surface area (Å²) in [5.74, 6) is 1.14. The SMILES string of the molecule is Nc1cc(-c2ccc(C(=O)NCC3CC3)cc2)[nH]n1. The first-order valence-corrected chi connectivity index (χ1v) is 6.42. The number of nitrogens with two attached hydrogens (primary N) is 1. The van der Waals surface area contributed by atoms with E-state index in [9.17, 15) is 4.79 Å². The highest BCUT2D eigenvalue weighted by Crippen LogP contribution is 2.27. The van der Waals surface area contributed by atoms with Gasteiger partial charge in [-0.1, -0.05) is 12.1 Å². The number of anilines is 1. The van der Waals surface area contributed by atoms with Crippen molar-refractivity contribution in [2.45, 2.75) is 12.8 Å². The zero-order valence-corrected chi connectivity index (χ0v) is 10.5. The standard InChI is InChI=1S/C14H16N4O/c15-13-7-12(17-18-13)10-3-5-11(6-4-10)14(19)16-8-9-1-2-9/h3-7,9H,1-2,8H2,(H,16,19)(H3,15,17,18). The maximum Gasteiger partial charge on any atom is 0.251 e. The predicted octanol–water partition coefficient (Wildman–Crippen LogP) is 1.80. The molecule has 1 amide bonds. The highest BCUT2D eigenvalue weighted by atomic mass is 16.1. The van der Waals surface area contributed by atoms with Crippen molar-refractivity contribution in [2.24, 2.45) is 5.92 Å². The molecule has 5 heteroatoms. The number of nitrogen functional groups attached to an aromatic ring is 1. The Kier molecular flexibility index (Phi) is 2.95. The summed E-state index contributed by atoms with van der Waals surface area (Å²) >= 11 is 0. The lowest BCUT2D eigenvalue weighted by Gasteiger charge is -2.04. The summed E-state index contributed by atoms with van der Waals surface area (Å²) in [7, 11) is 0. The molecule has 1 saturated carbocycles. The minimum absolute atomic E-state index is 0.0115. The largest absolute Gasteiger partial charge is 0.382 e. The third-order valence-electron chi connectivity index (χ3n) is 3.30. The molecule has 0 bridgehead atoms. The molecule has 4 N–H and O–H groups in total. The topological polar surface area (TPSA) is 83.8 Å². The zero-order valence-electron chi connectivity index (χ0n) is 10.5. The van der Waals surface area contributed by atoms with Crippen molar-refractivity contribution >= 4 is 11.7 Å². The molecule has 0 radical (unpaired) electrons. The van der Waals surface area contributed by atoms with Gasteiger partial charge in [0, 0.05) is 18.2 Å². The predicted molar refractivity (Wildman–Crippen MR) is 73.5 cm³/mol. The van der Waals surface area contributed by atoms with Crippen molar-refractivity contribution in [1.82, 2.24) is 15.5 Å². The molecule has 0 unspecified atom stereocenters.